The molecule has 2 amide bonds. The maximum atomic E-state index is 14.4. The third-order valence-corrected chi connectivity index (χ3v) is 10.1. The predicted molar refractivity (Wildman–Crippen MR) is 165 cm³/mol. The Morgan fingerprint density at radius 3 is 2.22 bits per heavy atom. The van der Waals surface area contributed by atoms with Crippen molar-refractivity contribution in [1.82, 2.24) is 19.8 Å². The fourth-order valence-corrected chi connectivity index (χ4v) is 8.40. The minimum Gasteiger partial charge on any atom is -0.332 e. The zero-order chi connectivity index (χ0) is 28.1. The van der Waals surface area contributed by atoms with Crippen molar-refractivity contribution >= 4 is 32.9 Å². The third kappa shape index (κ3) is 4.99. The molecule has 0 radical (unpaired) electrons. The van der Waals surface area contributed by atoms with Gasteiger partial charge in [0.25, 0.3) is 5.56 Å². The van der Waals surface area contributed by atoms with E-state index in [-0.39, 0.29) is 17.1 Å². The summed E-state index contributed by atoms with van der Waals surface area (Å²) in [6, 6.07) is 24.7. The SMILES string of the molecule is CC(c1nc2ccccc2c(=O)n1-c1ccc(Br)cc1)N(Cc1ccccc1)C(=O)NC12CC3CC(CC(C3)C1)C2. The molecule has 6 nitrogen and oxygen atoms in total. The molecule has 0 spiro atoms. The third-order valence-electron chi connectivity index (χ3n) is 9.59. The summed E-state index contributed by atoms with van der Waals surface area (Å²) in [4.78, 5) is 35.3. The molecule has 4 aromatic rings. The summed E-state index contributed by atoms with van der Waals surface area (Å²) in [5.74, 6) is 2.73. The average molecular weight is 612 g/mol. The summed E-state index contributed by atoms with van der Waals surface area (Å²) in [7, 11) is 0. The van der Waals surface area contributed by atoms with Crippen molar-refractivity contribution in [1.29, 1.82) is 0 Å². The zero-order valence-electron chi connectivity index (χ0n) is 23.3. The minimum atomic E-state index is -0.468. The summed E-state index contributed by atoms with van der Waals surface area (Å²) >= 11 is 3.51. The quantitative estimate of drug-likeness (QED) is 0.247. The summed E-state index contributed by atoms with van der Waals surface area (Å²) in [6.45, 7) is 2.41. The summed E-state index contributed by atoms with van der Waals surface area (Å²) in [5.41, 5.74) is 2.13. The lowest BCUT2D eigenvalue weighted by molar-refractivity contribution is -0.0166. The highest BCUT2D eigenvalue weighted by Crippen LogP contribution is 2.55. The highest BCUT2D eigenvalue weighted by atomic mass is 79.9. The molecular weight excluding hydrogens is 576 g/mol. The smallest absolute Gasteiger partial charge is 0.318 e. The molecule has 8 rings (SSSR count). The number of fused-ring (bicyclic) bond motifs is 1. The Hall–Kier alpha value is -3.45. The van der Waals surface area contributed by atoms with Crippen LogP contribution >= 0.6 is 15.9 Å². The number of urea groups is 1. The number of aromatic nitrogens is 2. The standard InChI is InChI=1S/C34H35BrN4O2/c1-22(31-36-30-10-6-5-9-29(30)32(40)39(31)28-13-11-27(35)12-14-28)38(21-23-7-3-2-4-8-23)33(41)37-34-18-24-15-25(19-34)17-26(16-24)20-34/h2-14,22,24-26H,15-21H2,1H3,(H,37,41). The van der Waals surface area contributed by atoms with E-state index >= 15 is 0 Å². The van der Waals surface area contributed by atoms with Crippen molar-refractivity contribution in [2.45, 2.75) is 63.6 Å². The topological polar surface area (TPSA) is 67.2 Å². The molecule has 4 aliphatic carbocycles. The van der Waals surface area contributed by atoms with E-state index in [1.54, 1.807) is 4.57 Å². The molecule has 1 heterocycles. The zero-order valence-corrected chi connectivity index (χ0v) is 24.9. The first kappa shape index (κ1) is 26.4. The van der Waals surface area contributed by atoms with E-state index in [0.29, 0.717) is 23.3 Å². The lowest BCUT2D eigenvalue weighted by Gasteiger charge is -2.57. The Bertz CT molecular complexity index is 1610. The van der Waals surface area contributed by atoms with Gasteiger partial charge in [-0.05, 0) is 105 Å². The molecule has 210 valence electrons. The molecule has 0 saturated heterocycles. The number of nitrogens with one attached hydrogen (secondary N) is 1. The summed E-state index contributed by atoms with van der Waals surface area (Å²) in [6.07, 6.45) is 7.20. The minimum absolute atomic E-state index is 0.0759. The number of para-hydroxylation sites is 1. The van der Waals surface area contributed by atoms with Crippen molar-refractivity contribution in [3.8, 4) is 5.69 Å². The van der Waals surface area contributed by atoms with E-state index in [9.17, 15) is 9.59 Å². The van der Waals surface area contributed by atoms with E-state index in [4.69, 9.17) is 4.98 Å². The Kier molecular flexibility index (Phi) is 6.73. The van der Waals surface area contributed by atoms with Gasteiger partial charge in [-0.15, -0.1) is 0 Å². The van der Waals surface area contributed by atoms with Gasteiger partial charge in [0.15, 0.2) is 0 Å². The van der Waals surface area contributed by atoms with Crippen LogP contribution in [0.3, 0.4) is 0 Å². The monoisotopic (exact) mass is 610 g/mol. The Labute approximate surface area is 248 Å². The second-order valence-corrected chi connectivity index (χ2v) is 13.4. The number of hydrogen-bond donors (Lipinski definition) is 1. The molecule has 7 heteroatoms. The molecule has 41 heavy (non-hydrogen) atoms. The summed E-state index contributed by atoms with van der Waals surface area (Å²) < 4.78 is 2.61. The fourth-order valence-electron chi connectivity index (χ4n) is 8.14. The number of rotatable bonds is 6. The molecule has 4 bridgehead atoms. The number of nitrogens with zero attached hydrogens (tertiary/aromatic N) is 3. The maximum Gasteiger partial charge on any atom is 0.318 e. The van der Waals surface area contributed by atoms with Crippen LogP contribution in [0.15, 0.2) is 88.1 Å². The van der Waals surface area contributed by atoms with Crippen molar-refractivity contribution < 1.29 is 4.79 Å². The molecule has 4 saturated carbocycles. The molecular formula is C34H35BrN4O2. The van der Waals surface area contributed by atoms with Crippen LogP contribution < -0.4 is 10.9 Å². The van der Waals surface area contributed by atoms with Gasteiger partial charge in [0, 0.05) is 16.6 Å². The Morgan fingerprint density at radius 1 is 0.951 bits per heavy atom. The predicted octanol–water partition coefficient (Wildman–Crippen LogP) is 7.39. The fraction of sp³-hybridized carbons (Fsp3) is 0.382. The van der Waals surface area contributed by atoms with Gasteiger partial charge in [-0.1, -0.05) is 58.4 Å². The second kappa shape index (κ2) is 10.4. The number of halogens is 1. The maximum absolute atomic E-state index is 14.4. The first-order chi connectivity index (χ1) is 19.9. The number of carbonyl (C=O) groups is 1. The Morgan fingerprint density at radius 2 is 1.56 bits per heavy atom. The highest BCUT2D eigenvalue weighted by Gasteiger charge is 2.52. The van der Waals surface area contributed by atoms with Crippen LogP contribution in [0.5, 0.6) is 0 Å². The van der Waals surface area contributed by atoms with Gasteiger partial charge < -0.3 is 10.2 Å². The first-order valence-electron chi connectivity index (χ1n) is 14.8. The van der Waals surface area contributed by atoms with Crippen LogP contribution in [0.4, 0.5) is 4.79 Å². The van der Waals surface area contributed by atoms with Gasteiger partial charge in [0.05, 0.1) is 22.6 Å². The van der Waals surface area contributed by atoms with E-state index in [1.807, 2.05) is 90.7 Å². The van der Waals surface area contributed by atoms with Gasteiger partial charge >= 0.3 is 6.03 Å². The van der Waals surface area contributed by atoms with Crippen LogP contribution in [-0.2, 0) is 6.54 Å². The van der Waals surface area contributed by atoms with Crippen LogP contribution in [0.25, 0.3) is 16.6 Å². The van der Waals surface area contributed by atoms with Crippen molar-refractivity contribution in [2.24, 2.45) is 17.8 Å². The van der Waals surface area contributed by atoms with Gasteiger partial charge in [-0.2, -0.15) is 0 Å². The molecule has 0 aliphatic heterocycles. The summed E-state index contributed by atoms with van der Waals surface area (Å²) in [5, 5.41) is 4.13. The van der Waals surface area contributed by atoms with Gasteiger partial charge in [-0.25, -0.2) is 9.78 Å². The lowest BCUT2D eigenvalue weighted by Crippen LogP contribution is -2.62. The van der Waals surface area contributed by atoms with Crippen LogP contribution in [0, 0.1) is 17.8 Å². The Balaban J connectivity index is 1.31. The highest BCUT2D eigenvalue weighted by molar-refractivity contribution is 9.10. The van der Waals surface area contributed by atoms with Crippen molar-refractivity contribution in [2.75, 3.05) is 0 Å². The van der Waals surface area contributed by atoms with E-state index in [2.05, 4.69) is 21.2 Å². The van der Waals surface area contributed by atoms with E-state index in [1.165, 1.54) is 19.3 Å². The number of carbonyl (C=O) groups excluding carboxylic acids is 1. The van der Waals surface area contributed by atoms with Gasteiger partial charge in [0.1, 0.15) is 5.82 Å². The number of benzene rings is 3. The van der Waals surface area contributed by atoms with E-state index < -0.39 is 6.04 Å². The molecule has 3 aromatic carbocycles. The van der Waals surface area contributed by atoms with Crippen LogP contribution in [0.1, 0.15) is 62.9 Å². The molecule has 1 unspecified atom stereocenters. The van der Waals surface area contributed by atoms with Crippen molar-refractivity contribution in [3.63, 3.8) is 0 Å². The molecule has 1 aromatic heterocycles. The first-order valence-corrected chi connectivity index (χ1v) is 15.6. The lowest BCUT2D eigenvalue weighted by atomic mass is 9.53. The molecule has 1 atom stereocenters. The van der Waals surface area contributed by atoms with Crippen LogP contribution in [0.2, 0.25) is 0 Å². The number of amides is 2. The number of hydrogen-bond acceptors (Lipinski definition) is 3. The molecule has 4 fully saturated rings. The molecule has 1 N–H and O–H groups in total. The van der Waals surface area contributed by atoms with Gasteiger partial charge in [-0.3, -0.25) is 9.36 Å². The van der Waals surface area contributed by atoms with Crippen LogP contribution in [-0.4, -0.2) is 26.0 Å². The van der Waals surface area contributed by atoms with E-state index in [0.717, 1.165) is 52.7 Å². The van der Waals surface area contributed by atoms with Crippen molar-refractivity contribution in [3.05, 3.63) is 105 Å². The van der Waals surface area contributed by atoms with Gasteiger partial charge in [0.2, 0.25) is 0 Å². The molecule has 4 aliphatic rings. The average Bonchev–Trinajstić information content (AvgIpc) is 2.96. The second-order valence-electron chi connectivity index (χ2n) is 12.5. The normalized spacial score (nSPS) is 25.3. The largest absolute Gasteiger partial charge is 0.332 e.